The van der Waals surface area contributed by atoms with Crippen molar-refractivity contribution in [2.24, 2.45) is 0 Å². The van der Waals surface area contributed by atoms with Gasteiger partial charge >= 0.3 is 11.3 Å². The van der Waals surface area contributed by atoms with Crippen molar-refractivity contribution < 1.29 is 14.0 Å². The maximum absolute atomic E-state index is 11.3. The molecule has 0 bridgehead atoms. The van der Waals surface area contributed by atoms with Crippen LogP contribution in [0.3, 0.4) is 0 Å². The highest BCUT2D eigenvalue weighted by Crippen LogP contribution is 2.10. The average molecular weight is 284 g/mol. The summed E-state index contributed by atoms with van der Waals surface area (Å²) >= 11 is 3.30. The molecule has 0 amide bonds. The minimum Gasteiger partial charge on any atom is -0.287 e. The Bertz CT molecular complexity index is 583. The lowest BCUT2D eigenvalue weighted by Gasteiger charge is -1.91. The molecule has 0 aliphatic rings. The number of Topliss-reactive ketones (excluding diaryl/α,β-unsaturated/α-hetero) is 1. The largest absolute Gasteiger partial charge is 0.438 e. The fourth-order valence-electron chi connectivity index (χ4n) is 1.35. The number of H-pyrrole nitrogens is 1. The van der Waals surface area contributed by atoms with Crippen LogP contribution in [0.4, 0.5) is 0 Å². The van der Waals surface area contributed by atoms with E-state index in [1.54, 1.807) is 24.3 Å². The predicted molar refractivity (Wildman–Crippen MR) is 58.6 cm³/mol. The summed E-state index contributed by atoms with van der Waals surface area (Å²) in [6.45, 7) is 1.31. The van der Waals surface area contributed by atoms with Crippen LogP contribution in [0.5, 0.6) is 0 Å². The van der Waals surface area contributed by atoms with Crippen LogP contribution in [0.25, 0.3) is 5.69 Å². The normalized spacial score (nSPS) is 10.4. The van der Waals surface area contributed by atoms with Crippen LogP contribution in [-0.2, 0) is 0 Å². The first-order valence-corrected chi connectivity index (χ1v) is 5.29. The van der Waals surface area contributed by atoms with Gasteiger partial charge in [0.15, 0.2) is 0 Å². The molecule has 0 saturated carbocycles. The number of carbonyl (C=O) groups excluding carboxylic acids is 1. The van der Waals surface area contributed by atoms with E-state index >= 15 is 0 Å². The lowest BCUT2D eigenvalue weighted by molar-refractivity contribution is -0.672. The second-order valence-corrected chi connectivity index (χ2v) is 4.11. The van der Waals surface area contributed by atoms with Crippen molar-refractivity contribution in [2.45, 2.75) is 6.92 Å². The number of hydrogen-bond acceptors (Lipinski definition) is 3. The number of nitrogens with one attached hydrogen (secondary N) is 1. The number of halogens is 1. The van der Waals surface area contributed by atoms with Crippen LogP contribution < -0.4 is 10.3 Å². The molecule has 0 atom stereocenters. The standard InChI is InChI=1S/C10H7BrN2O3/c1-6(14)9-10(15)16-12-13(9)8-4-2-7(11)3-5-8/h2-5H,1H3/p+1. The first-order valence-electron chi connectivity index (χ1n) is 4.50. The molecule has 0 aliphatic carbocycles. The molecule has 0 spiro atoms. The zero-order valence-electron chi connectivity index (χ0n) is 8.36. The van der Waals surface area contributed by atoms with Crippen molar-refractivity contribution in [1.29, 1.82) is 0 Å². The third-order valence-electron chi connectivity index (χ3n) is 2.06. The molecule has 5 nitrogen and oxygen atoms in total. The number of aromatic amines is 1. The van der Waals surface area contributed by atoms with E-state index in [4.69, 9.17) is 0 Å². The molecule has 0 radical (unpaired) electrons. The highest BCUT2D eigenvalue weighted by atomic mass is 79.9. The lowest BCUT2D eigenvalue weighted by atomic mass is 10.3. The van der Waals surface area contributed by atoms with Crippen molar-refractivity contribution >= 4 is 21.7 Å². The summed E-state index contributed by atoms with van der Waals surface area (Å²) in [6.07, 6.45) is 0. The van der Waals surface area contributed by atoms with Crippen LogP contribution in [0, 0.1) is 0 Å². The van der Waals surface area contributed by atoms with Gasteiger partial charge in [0.1, 0.15) is 0 Å². The topological polar surface area (TPSA) is 67.0 Å². The Labute approximate surface area is 98.8 Å². The van der Waals surface area contributed by atoms with Crippen LogP contribution in [0.15, 0.2) is 38.1 Å². The van der Waals surface area contributed by atoms with Gasteiger partial charge in [-0.1, -0.05) is 15.9 Å². The van der Waals surface area contributed by atoms with Gasteiger partial charge in [-0.05, 0) is 22.1 Å². The third kappa shape index (κ3) is 1.83. The molecule has 0 aliphatic heterocycles. The molecule has 0 unspecified atom stereocenters. The molecule has 6 heteroatoms. The summed E-state index contributed by atoms with van der Waals surface area (Å²) in [5.74, 6) is -0.349. The Morgan fingerprint density at radius 3 is 2.56 bits per heavy atom. The molecule has 16 heavy (non-hydrogen) atoms. The van der Waals surface area contributed by atoms with Crippen molar-refractivity contribution in [3.05, 3.63) is 44.9 Å². The van der Waals surface area contributed by atoms with Crippen molar-refractivity contribution in [1.82, 2.24) is 5.27 Å². The van der Waals surface area contributed by atoms with Crippen molar-refractivity contribution in [2.75, 3.05) is 0 Å². The molecule has 1 aromatic carbocycles. The van der Waals surface area contributed by atoms with E-state index in [-0.39, 0.29) is 11.5 Å². The van der Waals surface area contributed by atoms with Gasteiger partial charge in [-0.2, -0.15) is 0 Å². The highest BCUT2D eigenvalue weighted by molar-refractivity contribution is 9.10. The number of carbonyl (C=O) groups is 1. The number of rotatable bonds is 2. The number of aromatic nitrogens is 2. The lowest BCUT2D eigenvalue weighted by Crippen LogP contribution is -2.40. The first kappa shape index (κ1) is 10.8. The quantitative estimate of drug-likeness (QED) is 0.665. The van der Waals surface area contributed by atoms with Gasteiger partial charge in [-0.15, -0.1) is 0 Å². The minimum absolute atomic E-state index is 0.0256. The fourth-order valence-corrected chi connectivity index (χ4v) is 1.61. The van der Waals surface area contributed by atoms with Crippen molar-refractivity contribution in [3.8, 4) is 5.69 Å². The summed E-state index contributed by atoms with van der Waals surface area (Å²) in [6, 6.07) is 7.11. The molecule has 2 aromatic rings. The maximum atomic E-state index is 11.3. The third-order valence-corrected chi connectivity index (χ3v) is 2.59. The van der Waals surface area contributed by atoms with Gasteiger partial charge < -0.3 is 0 Å². The summed E-state index contributed by atoms with van der Waals surface area (Å²) in [5.41, 5.74) is -0.0445. The number of ketones is 1. The molecular formula is C10H8BrN2O3+. The van der Waals surface area contributed by atoms with E-state index in [9.17, 15) is 9.59 Å². The fraction of sp³-hybridized carbons (Fsp3) is 0.100. The second kappa shape index (κ2) is 4.05. The number of nitrogens with zero attached hydrogens (tertiary/aromatic N) is 1. The Morgan fingerprint density at radius 2 is 2.00 bits per heavy atom. The van der Waals surface area contributed by atoms with Gasteiger partial charge in [0.25, 0.3) is 0 Å². The Morgan fingerprint density at radius 1 is 1.38 bits per heavy atom. The van der Waals surface area contributed by atoms with Gasteiger partial charge in [0.2, 0.25) is 11.5 Å². The molecule has 1 N–H and O–H groups in total. The second-order valence-electron chi connectivity index (χ2n) is 3.20. The van der Waals surface area contributed by atoms with Gasteiger partial charge in [0, 0.05) is 23.5 Å². The summed E-state index contributed by atoms with van der Waals surface area (Å²) in [4.78, 5) is 22.6. The highest BCUT2D eigenvalue weighted by Gasteiger charge is 2.27. The molecular weight excluding hydrogens is 276 g/mol. The van der Waals surface area contributed by atoms with E-state index in [0.717, 1.165) is 4.47 Å². The molecule has 1 aromatic heterocycles. The van der Waals surface area contributed by atoms with Gasteiger partial charge in [-0.25, -0.2) is 4.79 Å². The Hall–Kier alpha value is -1.69. The average Bonchev–Trinajstić information content (AvgIpc) is 2.61. The van der Waals surface area contributed by atoms with Gasteiger partial charge in [0.05, 0.1) is 0 Å². The summed E-state index contributed by atoms with van der Waals surface area (Å²) in [7, 11) is 0. The van der Waals surface area contributed by atoms with Gasteiger partial charge in [-0.3, -0.25) is 9.32 Å². The summed E-state index contributed by atoms with van der Waals surface area (Å²) < 4.78 is 6.82. The molecule has 2 rings (SSSR count). The number of benzene rings is 1. The molecule has 0 fully saturated rings. The van der Waals surface area contributed by atoms with Crippen molar-refractivity contribution in [3.63, 3.8) is 0 Å². The zero-order valence-corrected chi connectivity index (χ0v) is 9.95. The smallest absolute Gasteiger partial charge is 0.287 e. The van der Waals surface area contributed by atoms with E-state index in [0.29, 0.717) is 5.69 Å². The SMILES string of the molecule is CC(=O)c1c(=O)o[nH][n+]1-c1ccc(Br)cc1. The van der Waals surface area contributed by atoms with E-state index in [2.05, 4.69) is 25.7 Å². The minimum atomic E-state index is -0.671. The Kier molecular flexibility index (Phi) is 2.74. The van der Waals surface area contributed by atoms with Crippen LogP contribution in [-0.4, -0.2) is 11.1 Å². The maximum Gasteiger partial charge on any atom is 0.438 e. The Balaban J connectivity index is 2.60. The van der Waals surface area contributed by atoms with E-state index in [1.807, 2.05) is 0 Å². The number of hydrogen-bond donors (Lipinski definition) is 1. The molecule has 1 heterocycles. The monoisotopic (exact) mass is 283 g/mol. The predicted octanol–water partition coefficient (Wildman–Crippen LogP) is 1.21. The molecule has 82 valence electrons. The van der Waals surface area contributed by atoms with E-state index < -0.39 is 5.63 Å². The summed E-state index contributed by atoms with van der Waals surface area (Å²) in [5, 5.41) is 2.38. The van der Waals surface area contributed by atoms with Crippen LogP contribution in [0.1, 0.15) is 17.4 Å². The van der Waals surface area contributed by atoms with Crippen LogP contribution in [0.2, 0.25) is 0 Å². The zero-order chi connectivity index (χ0) is 11.7. The first-order chi connectivity index (χ1) is 7.59. The van der Waals surface area contributed by atoms with E-state index in [1.165, 1.54) is 11.6 Å². The van der Waals surface area contributed by atoms with Crippen LogP contribution >= 0.6 is 15.9 Å². The molecule has 0 saturated heterocycles.